The highest BCUT2D eigenvalue weighted by atomic mass is 16.8. The molecular weight excluding hydrogens is 1370 g/mol. The molecule has 0 bridgehead atoms. The van der Waals surface area contributed by atoms with Crippen LogP contribution in [0, 0.1) is 0 Å². The van der Waals surface area contributed by atoms with Gasteiger partial charge in [-0.2, -0.15) is 0 Å². The van der Waals surface area contributed by atoms with E-state index < -0.39 is 124 Å². The molecule has 0 spiro atoms. The van der Waals surface area contributed by atoms with Gasteiger partial charge in [0, 0.05) is 6.42 Å². The highest BCUT2D eigenvalue weighted by molar-refractivity contribution is 5.76. The van der Waals surface area contributed by atoms with Crippen LogP contribution in [0.1, 0.15) is 303 Å². The van der Waals surface area contributed by atoms with Gasteiger partial charge in [-0.05, 0) is 96.3 Å². The Morgan fingerprint density at radius 2 is 0.648 bits per heavy atom. The average molecular weight is 1530 g/mol. The minimum Gasteiger partial charge on any atom is -0.394 e. The lowest BCUT2D eigenvalue weighted by molar-refractivity contribution is -0.379. The van der Waals surface area contributed by atoms with Gasteiger partial charge in [0.25, 0.3) is 0 Å². The lowest BCUT2D eigenvalue weighted by Crippen LogP contribution is -2.66. The number of hydrogen-bond donors (Lipinski definition) is 12. The molecule has 3 aliphatic rings. The van der Waals surface area contributed by atoms with Gasteiger partial charge in [0.15, 0.2) is 18.9 Å². The van der Waals surface area contributed by atoms with Gasteiger partial charge in [0.2, 0.25) is 5.91 Å². The van der Waals surface area contributed by atoms with Crippen molar-refractivity contribution in [2.75, 3.05) is 26.4 Å². The van der Waals surface area contributed by atoms with E-state index >= 15 is 0 Å². The molecule has 622 valence electrons. The van der Waals surface area contributed by atoms with Crippen LogP contribution in [0.5, 0.6) is 0 Å². The average Bonchev–Trinajstić information content (AvgIpc) is 0.774. The lowest BCUT2D eigenvalue weighted by atomic mass is 9.96. The Kier molecular flexibility index (Phi) is 61.6. The lowest BCUT2D eigenvalue weighted by Gasteiger charge is -2.48. The largest absolute Gasteiger partial charge is 0.394 e. The number of carbonyl (C=O) groups is 1. The molecule has 0 aromatic carbocycles. The van der Waals surface area contributed by atoms with E-state index in [1.807, 2.05) is 6.08 Å². The number of hydrogen-bond acceptors (Lipinski definition) is 18. The molecule has 3 saturated heterocycles. The van der Waals surface area contributed by atoms with Crippen molar-refractivity contribution in [3.63, 3.8) is 0 Å². The Balaban J connectivity index is 1.37. The smallest absolute Gasteiger partial charge is 0.220 e. The third kappa shape index (κ3) is 46.4. The number of unbranched alkanes of at least 4 members (excludes halogenated alkanes) is 33. The molecule has 0 saturated carbocycles. The molecule has 0 aromatic rings. The van der Waals surface area contributed by atoms with E-state index in [0.717, 1.165) is 103 Å². The van der Waals surface area contributed by atoms with Crippen molar-refractivity contribution in [2.45, 2.75) is 407 Å². The minimum absolute atomic E-state index is 0.223. The monoisotopic (exact) mass is 1520 g/mol. The van der Waals surface area contributed by atoms with Gasteiger partial charge < -0.3 is 89.9 Å². The third-order valence-electron chi connectivity index (χ3n) is 20.5. The fourth-order valence-electron chi connectivity index (χ4n) is 13.7. The molecule has 3 heterocycles. The summed E-state index contributed by atoms with van der Waals surface area (Å²) < 4.78 is 34.5. The normalized spacial score (nSPS) is 26.0. The summed E-state index contributed by atoms with van der Waals surface area (Å²) in [6.45, 7) is 1.62. The summed E-state index contributed by atoms with van der Waals surface area (Å²) in [6.07, 6.45) is 69.0. The fourth-order valence-corrected chi connectivity index (χ4v) is 13.7. The Morgan fingerprint density at radius 1 is 0.343 bits per heavy atom. The number of aliphatic hydroxyl groups excluding tert-OH is 11. The van der Waals surface area contributed by atoms with Gasteiger partial charge >= 0.3 is 0 Å². The van der Waals surface area contributed by atoms with Crippen molar-refractivity contribution in [1.82, 2.24) is 5.32 Å². The molecule has 108 heavy (non-hydrogen) atoms. The SMILES string of the molecule is CC/C=C\C/C=C\C/C=C\C/C=C\C/C=C\C/C=C\C/C=C\C/C=C\CCCCCCCCCCCCC(=O)NC(COC1OC(CO)C(OC2OC(CO)C(OC3OC(CO)C(O)C(O)C3O)C(O)C2O)C(O)C1O)C(O)/C=C/CC/C=C/CCCCCCCCCCCCCCCCCCCCCCCC. The molecule has 3 fully saturated rings. The van der Waals surface area contributed by atoms with E-state index in [2.05, 4.69) is 129 Å². The predicted octanol–water partition coefficient (Wildman–Crippen LogP) is 15.5. The maximum atomic E-state index is 13.5. The molecular formula is C89H153NO18. The van der Waals surface area contributed by atoms with Gasteiger partial charge in [-0.15, -0.1) is 0 Å². The van der Waals surface area contributed by atoms with E-state index in [4.69, 9.17) is 28.4 Å². The molecule has 19 heteroatoms. The number of aliphatic hydroxyl groups is 11. The summed E-state index contributed by atoms with van der Waals surface area (Å²) >= 11 is 0. The quantitative estimate of drug-likeness (QED) is 0.0199. The summed E-state index contributed by atoms with van der Waals surface area (Å²) in [5.41, 5.74) is 0. The van der Waals surface area contributed by atoms with Gasteiger partial charge in [-0.1, -0.05) is 322 Å². The van der Waals surface area contributed by atoms with Gasteiger partial charge in [0.05, 0.1) is 38.6 Å². The molecule has 0 aliphatic carbocycles. The minimum atomic E-state index is -1.99. The van der Waals surface area contributed by atoms with Crippen LogP contribution < -0.4 is 5.32 Å². The zero-order chi connectivity index (χ0) is 78.1. The first-order valence-electron chi connectivity index (χ1n) is 42.8. The summed E-state index contributed by atoms with van der Waals surface area (Å²) in [5, 5.41) is 121. The molecule has 3 aliphatic heterocycles. The highest BCUT2D eigenvalue weighted by Crippen LogP contribution is 2.33. The Labute approximate surface area is 652 Å². The zero-order valence-electron chi connectivity index (χ0n) is 66.8. The number of carbonyl (C=O) groups excluding carboxylic acids is 1. The van der Waals surface area contributed by atoms with E-state index in [9.17, 15) is 61.0 Å². The molecule has 17 unspecified atom stereocenters. The third-order valence-corrected chi connectivity index (χ3v) is 20.5. The molecule has 0 aromatic heterocycles. The van der Waals surface area contributed by atoms with Crippen LogP contribution in [0.15, 0.2) is 122 Å². The summed E-state index contributed by atoms with van der Waals surface area (Å²) in [4.78, 5) is 13.5. The second-order valence-corrected chi connectivity index (χ2v) is 29.9. The van der Waals surface area contributed by atoms with Gasteiger partial charge in [0.1, 0.15) is 73.2 Å². The van der Waals surface area contributed by atoms with Gasteiger partial charge in [-0.3, -0.25) is 4.79 Å². The van der Waals surface area contributed by atoms with E-state index in [0.29, 0.717) is 12.8 Å². The maximum absolute atomic E-state index is 13.5. The summed E-state index contributed by atoms with van der Waals surface area (Å²) in [5.74, 6) is -0.292. The van der Waals surface area contributed by atoms with Crippen LogP contribution in [0.2, 0.25) is 0 Å². The van der Waals surface area contributed by atoms with Crippen LogP contribution in [-0.2, 0) is 33.2 Å². The van der Waals surface area contributed by atoms with E-state index in [-0.39, 0.29) is 18.9 Å². The Bertz CT molecular complexity index is 2420. The maximum Gasteiger partial charge on any atom is 0.220 e. The summed E-state index contributed by atoms with van der Waals surface area (Å²) in [7, 11) is 0. The van der Waals surface area contributed by atoms with Crippen LogP contribution in [-0.4, -0.2) is 193 Å². The van der Waals surface area contributed by atoms with E-state index in [1.54, 1.807) is 6.08 Å². The number of rotatable bonds is 67. The van der Waals surface area contributed by atoms with Crippen molar-refractivity contribution in [3.05, 3.63) is 122 Å². The molecule has 12 N–H and O–H groups in total. The number of ether oxygens (including phenoxy) is 6. The predicted molar refractivity (Wildman–Crippen MR) is 433 cm³/mol. The first-order valence-corrected chi connectivity index (χ1v) is 42.8. The molecule has 1 amide bonds. The molecule has 0 radical (unpaired) electrons. The molecule has 3 rings (SSSR count). The zero-order valence-corrected chi connectivity index (χ0v) is 66.8. The van der Waals surface area contributed by atoms with Crippen molar-refractivity contribution in [3.8, 4) is 0 Å². The molecule has 17 atom stereocenters. The number of amides is 1. The van der Waals surface area contributed by atoms with Crippen molar-refractivity contribution in [1.29, 1.82) is 0 Å². The van der Waals surface area contributed by atoms with E-state index in [1.165, 1.54) is 167 Å². The second-order valence-electron chi connectivity index (χ2n) is 29.9. The van der Waals surface area contributed by atoms with Crippen LogP contribution in [0.4, 0.5) is 0 Å². The first-order chi connectivity index (χ1) is 52.8. The Hall–Kier alpha value is -3.81. The Morgan fingerprint density at radius 3 is 1.04 bits per heavy atom. The first kappa shape index (κ1) is 98.4. The number of nitrogens with one attached hydrogen (secondary N) is 1. The highest BCUT2D eigenvalue weighted by Gasteiger charge is 2.54. The summed E-state index contributed by atoms with van der Waals surface area (Å²) in [6, 6.07) is -1.00. The second kappa shape index (κ2) is 67.7. The van der Waals surface area contributed by atoms with Crippen LogP contribution in [0.25, 0.3) is 0 Å². The van der Waals surface area contributed by atoms with Crippen LogP contribution in [0.3, 0.4) is 0 Å². The van der Waals surface area contributed by atoms with Crippen molar-refractivity contribution < 1.29 is 89.4 Å². The number of allylic oxidation sites excluding steroid dienone is 19. The van der Waals surface area contributed by atoms with Crippen molar-refractivity contribution in [2.24, 2.45) is 0 Å². The standard InChI is InChI=1S/C89H153NO18/c1-3-5-7-9-11-13-15-17-19-21-23-25-27-29-31-33-34-35-36-37-38-39-41-43-45-47-49-51-53-55-57-59-61-63-65-67-77(95)90-72(73(94)66-64-62-60-58-56-54-52-50-48-46-44-42-40-32-30-28-26-24-22-20-18-16-14-12-10-8-6-4-2)71-103-87-83(101)80(98)85(75(69-92)105-87)108-89-84(102)81(99)86(76(70-93)106-89)107-88-82(100)79(97)78(96)74(68-91)104-88/h5,7,11,13,17,19,23,25,29,31,34-35,37-38,41,43,56,58,64,66,72-76,78-89,91-94,96-102H,3-4,6,8-10,12,14-16,18,20-22,24,26-28,30,32-33,36,39-40,42,44-55,57,59-63,65,67-71H2,1-2H3,(H,90,95)/b7-5-,13-11-,19-17-,25-23-,31-29-,35-34-,38-37-,43-41-,58-56+,66-64+. The van der Waals surface area contributed by atoms with Gasteiger partial charge in [-0.25, -0.2) is 0 Å². The topological polar surface area (TPSA) is 307 Å². The van der Waals surface area contributed by atoms with Crippen molar-refractivity contribution >= 4 is 5.91 Å². The molecule has 19 nitrogen and oxygen atoms in total. The van der Waals surface area contributed by atoms with Crippen LogP contribution >= 0.6 is 0 Å². The fraction of sp³-hybridized carbons (Fsp3) is 0.764.